The van der Waals surface area contributed by atoms with Crippen molar-refractivity contribution >= 4 is 28.2 Å². The van der Waals surface area contributed by atoms with E-state index in [1.807, 2.05) is 79.7 Å². The highest BCUT2D eigenvalue weighted by atomic mass is 16.2. The van der Waals surface area contributed by atoms with Crippen molar-refractivity contribution in [3.8, 4) is 0 Å². The van der Waals surface area contributed by atoms with Gasteiger partial charge in [0.15, 0.2) is 0 Å². The van der Waals surface area contributed by atoms with Gasteiger partial charge in [-0.3, -0.25) is 0 Å². The first-order chi connectivity index (χ1) is 11.6. The molecule has 3 aromatic rings. The molecule has 0 atom stereocenters. The predicted molar refractivity (Wildman–Crippen MR) is 101 cm³/mol. The summed E-state index contributed by atoms with van der Waals surface area (Å²) < 4.78 is 0. The Morgan fingerprint density at radius 1 is 0.958 bits per heavy atom. The first-order valence-corrected chi connectivity index (χ1v) is 7.92. The van der Waals surface area contributed by atoms with Crippen LogP contribution in [0, 0.1) is 0 Å². The smallest absolute Gasteiger partial charge is 0.319 e. The summed E-state index contributed by atoms with van der Waals surface area (Å²) in [6.45, 7) is 0.484. The maximum atomic E-state index is 12.2. The molecule has 0 heterocycles. The fourth-order valence-electron chi connectivity index (χ4n) is 2.63. The molecule has 2 N–H and O–H groups in total. The first kappa shape index (κ1) is 15.9. The van der Waals surface area contributed by atoms with Gasteiger partial charge in [-0.2, -0.15) is 0 Å². The van der Waals surface area contributed by atoms with Crippen LogP contribution in [0.2, 0.25) is 0 Å². The number of fused-ring (bicyclic) bond motifs is 1. The normalized spacial score (nSPS) is 10.4. The maximum Gasteiger partial charge on any atom is 0.319 e. The highest BCUT2D eigenvalue weighted by Gasteiger charge is 2.05. The molecule has 0 bridgehead atoms. The number of hydrogen-bond acceptors (Lipinski definition) is 2. The average molecular weight is 319 g/mol. The molecule has 0 aliphatic carbocycles. The third-order valence-corrected chi connectivity index (χ3v) is 3.92. The van der Waals surface area contributed by atoms with Gasteiger partial charge >= 0.3 is 6.03 Å². The van der Waals surface area contributed by atoms with Crippen molar-refractivity contribution in [1.82, 2.24) is 5.32 Å². The molecule has 4 nitrogen and oxygen atoms in total. The molecule has 0 saturated heterocycles. The summed E-state index contributed by atoms with van der Waals surface area (Å²) in [4.78, 5) is 14.3. The molecule has 3 aromatic carbocycles. The maximum absolute atomic E-state index is 12.2. The van der Waals surface area contributed by atoms with Gasteiger partial charge < -0.3 is 15.5 Å². The minimum absolute atomic E-state index is 0.207. The molecule has 0 spiro atoms. The van der Waals surface area contributed by atoms with Crippen LogP contribution in [0.5, 0.6) is 0 Å². The summed E-state index contributed by atoms with van der Waals surface area (Å²) in [5.41, 5.74) is 2.99. The largest absolute Gasteiger partial charge is 0.378 e. The molecule has 2 amide bonds. The number of carbonyl (C=O) groups excluding carboxylic acids is 1. The molecule has 0 aliphatic rings. The number of amides is 2. The van der Waals surface area contributed by atoms with E-state index in [0.717, 1.165) is 27.7 Å². The molecule has 122 valence electrons. The van der Waals surface area contributed by atoms with Gasteiger partial charge in [0.1, 0.15) is 0 Å². The van der Waals surface area contributed by atoms with Gasteiger partial charge in [-0.15, -0.1) is 0 Å². The first-order valence-electron chi connectivity index (χ1n) is 7.92. The van der Waals surface area contributed by atoms with E-state index in [9.17, 15) is 4.79 Å². The van der Waals surface area contributed by atoms with Crippen molar-refractivity contribution in [2.45, 2.75) is 6.54 Å². The summed E-state index contributed by atoms with van der Waals surface area (Å²) in [5.74, 6) is 0. The zero-order chi connectivity index (χ0) is 16.9. The minimum atomic E-state index is -0.207. The Kier molecular flexibility index (Phi) is 4.66. The van der Waals surface area contributed by atoms with E-state index < -0.39 is 0 Å². The van der Waals surface area contributed by atoms with Crippen molar-refractivity contribution in [3.63, 3.8) is 0 Å². The van der Waals surface area contributed by atoms with Crippen LogP contribution in [0.1, 0.15) is 5.56 Å². The lowest BCUT2D eigenvalue weighted by Gasteiger charge is -2.14. The molecule has 0 unspecified atom stereocenters. The highest BCUT2D eigenvalue weighted by Crippen LogP contribution is 2.22. The molecule has 24 heavy (non-hydrogen) atoms. The Hall–Kier alpha value is -3.01. The molecule has 0 fully saturated rings. The van der Waals surface area contributed by atoms with Gasteiger partial charge in [-0.05, 0) is 29.1 Å². The summed E-state index contributed by atoms with van der Waals surface area (Å²) in [7, 11) is 4.00. The number of carbonyl (C=O) groups is 1. The van der Waals surface area contributed by atoms with Crippen LogP contribution in [-0.4, -0.2) is 20.1 Å². The third-order valence-electron chi connectivity index (χ3n) is 3.92. The lowest BCUT2D eigenvalue weighted by molar-refractivity contribution is 0.252. The molecular weight excluding hydrogens is 298 g/mol. The van der Waals surface area contributed by atoms with Crippen LogP contribution in [0.25, 0.3) is 10.8 Å². The third kappa shape index (κ3) is 3.66. The zero-order valence-corrected chi connectivity index (χ0v) is 13.9. The van der Waals surface area contributed by atoms with Crippen molar-refractivity contribution in [1.29, 1.82) is 0 Å². The highest BCUT2D eigenvalue weighted by molar-refractivity contribution is 6.01. The number of hydrogen-bond donors (Lipinski definition) is 2. The van der Waals surface area contributed by atoms with Gasteiger partial charge in [-0.1, -0.05) is 48.5 Å². The van der Waals surface area contributed by atoms with Crippen molar-refractivity contribution in [2.24, 2.45) is 0 Å². The van der Waals surface area contributed by atoms with Gasteiger partial charge in [-0.25, -0.2) is 4.79 Å². The Morgan fingerprint density at radius 2 is 1.71 bits per heavy atom. The Morgan fingerprint density at radius 3 is 2.54 bits per heavy atom. The monoisotopic (exact) mass is 319 g/mol. The van der Waals surface area contributed by atoms with Gasteiger partial charge in [0.05, 0.1) is 5.69 Å². The van der Waals surface area contributed by atoms with Crippen LogP contribution in [0.4, 0.5) is 16.2 Å². The van der Waals surface area contributed by atoms with Crippen LogP contribution in [0.15, 0.2) is 66.7 Å². The van der Waals surface area contributed by atoms with E-state index in [0.29, 0.717) is 6.54 Å². The molecule has 0 aliphatic heterocycles. The molecule has 0 radical (unpaired) electrons. The van der Waals surface area contributed by atoms with E-state index in [1.165, 1.54) is 0 Å². The zero-order valence-electron chi connectivity index (χ0n) is 13.9. The molecule has 3 rings (SSSR count). The van der Waals surface area contributed by atoms with E-state index in [-0.39, 0.29) is 6.03 Å². The lowest BCUT2D eigenvalue weighted by atomic mass is 10.1. The van der Waals surface area contributed by atoms with Crippen molar-refractivity contribution < 1.29 is 4.79 Å². The van der Waals surface area contributed by atoms with E-state index in [1.54, 1.807) is 0 Å². The summed E-state index contributed by atoms with van der Waals surface area (Å²) >= 11 is 0. The van der Waals surface area contributed by atoms with Crippen molar-refractivity contribution in [2.75, 3.05) is 24.3 Å². The molecular formula is C20H21N3O. The van der Waals surface area contributed by atoms with Crippen LogP contribution in [0.3, 0.4) is 0 Å². The van der Waals surface area contributed by atoms with Gasteiger partial charge in [0.25, 0.3) is 0 Å². The number of nitrogens with zero attached hydrogens (tertiary/aromatic N) is 1. The summed E-state index contributed by atoms with van der Waals surface area (Å²) in [6.07, 6.45) is 0. The average Bonchev–Trinajstić information content (AvgIpc) is 2.60. The fraction of sp³-hybridized carbons (Fsp3) is 0.150. The van der Waals surface area contributed by atoms with E-state index >= 15 is 0 Å². The second-order valence-electron chi connectivity index (χ2n) is 5.90. The lowest BCUT2D eigenvalue weighted by Crippen LogP contribution is -2.28. The summed E-state index contributed by atoms with van der Waals surface area (Å²) in [6, 6.07) is 21.8. The second kappa shape index (κ2) is 7.04. The number of anilines is 2. The van der Waals surface area contributed by atoms with E-state index in [2.05, 4.69) is 16.7 Å². The van der Waals surface area contributed by atoms with Crippen molar-refractivity contribution in [3.05, 3.63) is 72.3 Å². The Bertz CT molecular complexity index is 853. The molecule has 0 aromatic heterocycles. The second-order valence-corrected chi connectivity index (χ2v) is 5.90. The SMILES string of the molecule is CN(C)c1cccc(CNC(=O)Nc2cccc3ccccc23)c1. The molecule has 0 saturated carbocycles. The fourth-order valence-corrected chi connectivity index (χ4v) is 2.63. The standard InChI is InChI=1S/C20H21N3O/c1-23(2)17-10-5-7-15(13-17)14-21-20(24)22-19-12-6-9-16-8-3-4-11-18(16)19/h3-13H,14H2,1-2H3,(H2,21,22,24). The number of rotatable bonds is 4. The Balaban J connectivity index is 1.66. The van der Waals surface area contributed by atoms with Crippen LogP contribution in [-0.2, 0) is 6.54 Å². The number of benzene rings is 3. The summed E-state index contributed by atoms with van der Waals surface area (Å²) in [5, 5.41) is 7.98. The van der Waals surface area contributed by atoms with E-state index in [4.69, 9.17) is 0 Å². The topological polar surface area (TPSA) is 44.4 Å². The van der Waals surface area contributed by atoms with Gasteiger partial charge in [0.2, 0.25) is 0 Å². The Labute approximate surface area is 142 Å². The van der Waals surface area contributed by atoms with Gasteiger partial charge in [0, 0.05) is 31.7 Å². The number of urea groups is 1. The minimum Gasteiger partial charge on any atom is -0.378 e. The quantitative estimate of drug-likeness (QED) is 0.756. The predicted octanol–water partition coefficient (Wildman–Crippen LogP) is 4.23. The molecule has 4 heteroatoms. The van der Waals surface area contributed by atoms with Crippen LogP contribution < -0.4 is 15.5 Å². The number of nitrogens with one attached hydrogen (secondary N) is 2. The van der Waals surface area contributed by atoms with Crippen LogP contribution >= 0.6 is 0 Å².